The van der Waals surface area contributed by atoms with Crippen molar-refractivity contribution in [1.82, 2.24) is 9.88 Å². The lowest BCUT2D eigenvalue weighted by atomic mass is 9.81. The van der Waals surface area contributed by atoms with Crippen LogP contribution in [0.1, 0.15) is 93.9 Å². The van der Waals surface area contributed by atoms with Crippen molar-refractivity contribution in [2.24, 2.45) is 12.5 Å². The van der Waals surface area contributed by atoms with E-state index in [-0.39, 0.29) is 24.2 Å². The van der Waals surface area contributed by atoms with Gasteiger partial charge in [0.1, 0.15) is 0 Å². The first-order valence-corrected chi connectivity index (χ1v) is 13.1. The van der Waals surface area contributed by atoms with Crippen LogP contribution < -0.4 is 5.32 Å². The van der Waals surface area contributed by atoms with Crippen LogP contribution in [0.25, 0.3) is 10.9 Å². The minimum atomic E-state index is -0.474. The third-order valence-electron chi connectivity index (χ3n) is 6.78. The SMILES string of the molecule is CCCCCCc1c(C(=O)CC(C)(C)CC(=O)NC(C)c2ccccc2)c2cc(Cl)ccc2n1C. The van der Waals surface area contributed by atoms with Crippen LogP contribution in [-0.4, -0.2) is 16.3 Å². The Morgan fingerprint density at radius 1 is 1.03 bits per heavy atom. The summed E-state index contributed by atoms with van der Waals surface area (Å²) >= 11 is 6.33. The zero-order chi connectivity index (χ0) is 25.6. The molecule has 1 atom stereocenters. The molecule has 1 amide bonds. The summed E-state index contributed by atoms with van der Waals surface area (Å²) in [6.45, 7) is 8.18. The first kappa shape index (κ1) is 27.0. The normalized spacial score (nSPS) is 12.6. The molecular formula is C30H39ClN2O2. The lowest BCUT2D eigenvalue weighted by Gasteiger charge is -2.25. The Kier molecular flexibility index (Phi) is 9.18. The largest absolute Gasteiger partial charge is 0.350 e. The molecule has 0 bridgehead atoms. The molecule has 1 aromatic heterocycles. The highest BCUT2D eigenvalue weighted by Crippen LogP contribution is 2.34. The summed E-state index contributed by atoms with van der Waals surface area (Å²) in [5.41, 5.74) is 3.46. The fraction of sp³-hybridized carbons (Fsp3) is 0.467. The van der Waals surface area contributed by atoms with Crippen molar-refractivity contribution in [2.75, 3.05) is 0 Å². The minimum absolute atomic E-state index is 0.0418. The molecule has 188 valence electrons. The summed E-state index contributed by atoms with van der Waals surface area (Å²) in [5, 5.41) is 4.62. The molecule has 0 fully saturated rings. The highest BCUT2D eigenvalue weighted by Gasteiger charge is 2.30. The van der Waals surface area contributed by atoms with Crippen molar-refractivity contribution in [1.29, 1.82) is 0 Å². The number of amides is 1. The maximum atomic E-state index is 13.7. The number of hydrogen-bond acceptors (Lipinski definition) is 2. The Morgan fingerprint density at radius 3 is 2.43 bits per heavy atom. The smallest absolute Gasteiger partial charge is 0.221 e. The molecule has 3 rings (SSSR count). The van der Waals surface area contributed by atoms with Crippen molar-refractivity contribution < 1.29 is 9.59 Å². The van der Waals surface area contributed by atoms with E-state index < -0.39 is 5.41 Å². The molecule has 35 heavy (non-hydrogen) atoms. The van der Waals surface area contributed by atoms with E-state index >= 15 is 0 Å². The first-order chi connectivity index (χ1) is 16.6. The van der Waals surface area contributed by atoms with Gasteiger partial charge >= 0.3 is 0 Å². The topological polar surface area (TPSA) is 51.1 Å². The Bertz CT molecular complexity index is 1160. The molecule has 1 unspecified atom stereocenters. The summed E-state index contributed by atoms with van der Waals surface area (Å²) in [5.74, 6) is 0.0390. The van der Waals surface area contributed by atoms with Gasteiger partial charge in [-0.15, -0.1) is 0 Å². The number of rotatable bonds is 12. The average Bonchev–Trinajstić information content (AvgIpc) is 3.07. The van der Waals surface area contributed by atoms with Crippen LogP contribution in [0.3, 0.4) is 0 Å². The van der Waals surface area contributed by atoms with E-state index in [4.69, 9.17) is 11.6 Å². The fourth-order valence-electron chi connectivity index (χ4n) is 4.93. The fourth-order valence-corrected chi connectivity index (χ4v) is 5.10. The molecule has 5 heteroatoms. The van der Waals surface area contributed by atoms with Gasteiger partial charge in [-0.25, -0.2) is 0 Å². The first-order valence-electron chi connectivity index (χ1n) is 12.8. The van der Waals surface area contributed by atoms with Gasteiger partial charge in [-0.2, -0.15) is 0 Å². The maximum absolute atomic E-state index is 13.7. The third-order valence-corrected chi connectivity index (χ3v) is 7.02. The second-order valence-corrected chi connectivity index (χ2v) is 10.9. The van der Waals surface area contributed by atoms with Gasteiger partial charge in [-0.3, -0.25) is 9.59 Å². The number of nitrogens with zero attached hydrogens (tertiary/aromatic N) is 1. The van der Waals surface area contributed by atoms with Crippen molar-refractivity contribution in [3.8, 4) is 0 Å². The standard InChI is InChI=1S/C30H39ClN2O2/c1-6-7-8-12-15-26-29(24-18-23(31)16-17-25(24)33(26)5)27(34)19-30(3,4)20-28(35)32-21(2)22-13-10-9-11-14-22/h9-11,13-14,16-18,21H,6-8,12,15,19-20H2,1-5H3,(H,32,35). The van der Waals surface area contributed by atoms with E-state index in [1.54, 1.807) is 0 Å². The molecule has 3 aromatic rings. The molecule has 0 aliphatic heterocycles. The van der Waals surface area contributed by atoms with E-state index in [0.717, 1.165) is 47.0 Å². The van der Waals surface area contributed by atoms with Crippen LogP contribution in [0.4, 0.5) is 0 Å². The predicted octanol–water partition coefficient (Wildman–Crippen LogP) is 7.82. The number of carbonyl (C=O) groups is 2. The lowest BCUT2D eigenvalue weighted by molar-refractivity contribution is -0.123. The van der Waals surface area contributed by atoms with Gasteiger partial charge in [0, 0.05) is 47.1 Å². The number of unbranched alkanes of at least 4 members (excludes halogenated alkanes) is 3. The monoisotopic (exact) mass is 494 g/mol. The number of aryl methyl sites for hydroxylation is 1. The van der Waals surface area contributed by atoms with Crippen molar-refractivity contribution in [3.63, 3.8) is 0 Å². The Hall–Kier alpha value is -2.59. The van der Waals surface area contributed by atoms with E-state index in [2.05, 4.69) is 16.8 Å². The zero-order valence-corrected chi connectivity index (χ0v) is 22.5. The number of fused-ring (bicyclic) bond motifs is 1. The molecule has 4 nitrogen and oxygen atoms in total. The van der Waals surface area contributed by atoms with E-state index in [1.165, 1.54) is 12.8 Å². The van der Waals surface area contributed by atoms with Crippen molar-refractivity contribution in [3.05, 3.63) is 70.4 Å². The summed E-state index contributed by atoms with van der Waals surface area (Å²) < 4.78 is 2.14. The number of aromatic nitrogens is 1. The number of Topliss-reactive ketones (excluding diaryl/α,β-unsaturated/α-hetero) is 1. The Balaban J connectivity index is 1.78. The number of benzene rings is 2. The predicted molar refractivity (Wildman–Crippen MR) is 146 cm³/mol. The number of halogens is 1. The molecule has 0 spiro atoms. The van der Waals surface area contributed by atoms with Crippen LogP contribution in [0.15, 0.2) is 48.5 Å². The number of carbonyl (C=O) groups excluding carboxylic acids is 2. The maximum Gasteiger partial charge on any atom is 0.221 e. The van der Waals surface area contributed by atoms with Crippen LogP contribution >= 0.6 is 11.6 Å². The lowest BCUT2D eigenvalue weighted by Crippen LogP contribution is -2.32. The summed E-state index contributed by atoms with van der Waals surface area (Å²) in [4.78, 5) is 26.6. The third kappa shape index (κ3) is 6.98. The summed E-state index contributed by atoms with van der Waals surface area (Å²) in [7, 11) is 2.03. The Morgan fingerprint density at radius 2 is 1.74 bits per heavy atom. The molecule has 1 N–H and O–H groups in total. The van der Waals surface area contributed by atoms with Gasteiger partial charge in [-0.05, 0) is 48.9 Å². The van der Waals surface area contributed by atoms with Gasteiger partial charge in [0.25, 0.3) is 0 Å². The van der Waals surface area contributed by atoms with Gasteiger partial charge in [-0.1, -0.05) is 82.0 Å². The van der Waals surface area contributed by atoms with Crippen LogP contribution in [0.2, 0.25) is 5.02 Å². The second-order valence-electron chi connectivity index (χ2n) is 10.5. The van der Waals surface area contributed by atoms with Crippen molar-refractivity contribution >= 4 is 34.2 Å². The Labute approximate surface area is 215 Å². The molecular weight excluding hydrogens is 456 g/mol. The quantitative estimate of drug-likeness (QED) is 0.206. The van der Waals surface area contributed by atoms with E-state index in [9.17, 15) is 9.59 Å². The molecule has 1 heterocycles. The summed E-state index contributed by atoms with van der Waals surface area (Å²) in [6, 6.07) is 15.6. The molecule has 0 saturated carbocycles. The van der Waals surface area contributed by atoms with Gasteiger partial charge in [0.15, 0.2) is 5.78 Å². The van der Waals surface area contributed by atoms with Gasteiger partial charge < -0.3 is 9.88 Å². The number of hydrogen-bond donors (Lipinski definition) is 1. The van der Waals surface area contributed by atoms with Crippen LogP contribution in [-0.2, 0) is 18.3 Å². The van der Waals surface area contributed by atoms with Gasteiger partial charge in [0.2, 0.25) is 5.91 Å². The average molecular weight is 495 g/mol. The van der Waals surface area contributed by atoms with E-state index in [1.807, 2.05) is 76.3 Å². The molecule has 0 radical (unpaired) electrons. The van der Waals surface area contributed by atoms with Crippen LogP contribution in [0.5, 0.6) is 0 Å². The molecule has 0 aliphatic carbocycles. The van der Waals surface area contributed by atoms with Crippen molar-refractivity contribution in [2.45, 2.75) is 78.7 Å². The minimum Gasteiger partial charge on any atom is -0.350 e. The molecule has 2 aromatic carbocycles. The highest BCUT2D eigenvalue weighted by atomic mass is 35.5. The van der Waals surface area contributed by atoms with E-state index in [0.29, 0.717) is 11.4 Å². The summed E-state index contributed by atoms with van der Waals surface area (Å²) in [6.07, 6.45) is 6.02. The molecule has 0 saturated heterocycles. The number of nitrogens with one attached hydrogen (secondary N) is 1. The highest BCUT2D eigenvalue weighted by molar-refractivity contribution is 6.31. The zero-order valence-electron chi connectivity index (χ0n) is 21.8. The van der Waals surface area contributed by atoms with Gasteiger partial charge in [0.05, 0.1) is 6.04 Å². The van der Waals surface area contributed by atoms with Crippen LogP contribution in [0, 0.1) is 5.41 Å². The number of ketones is 1. The second kappa shape index (κ2) is 11.9. The molecule has 0 aliphatic rings.